The number of fused-ring (bicyclic) bond motifs is 1. The predicted molar refractivity (Wildman–Crippen MR) is 328 cm³/mol. The zero-order chi connectivity index (χ0) is 58.9. The van der Waals surface area contributed by atoms with Crippen molar-refractivity contribution >= 4 is 58.1 Å². The van der Waals surface area contributed by atoms with Gasteiger partial charge in [-0.15, -0.1) is 17.9 Å². The number of aldehydes is 1. The molecule has 0 aliphatic carbocycles. The molecule has 1 aliphatic heterocycles. The number of rotatable bonds is 21. The number of aryl methyl sites for hydroxylation is 2. The van der Waals surface area contributed by atoms with E-state index in [4.69, 9.17) is 25.6 Å². The summed E-state index contributed by atoms with van der Waals surface area (Å²) >= 11 is 2.85. The van der Waals surface area contributed by atoms with Crippen molar-refractivity contribution in [2.45, 2.75) is 180 Å². The minimum Gasteiger partial charge on any atom is -0.375 e. The first kappa shape index (κ1) is 77.0. The molecule has 4 heterocycles. The van der Waals surface area contributed by atoms with Crippen LogP contribution in [-0.2, 0) is 43.3 Å². The molecule has 1 aromatic carbocycles. The molecule has 15 heteroatoms. The number of ketones is 1. The van der Waals surface area contributed by atoms with Gasteiger partial charge >= 0.3 is 0 Å². The molecule has 1 aliphatic rings. The highest BCUT2D eigenvalue weighted by molar-refractivity contribution is 7.98. The molecular weight excluding hydrogens is 977 g/mol. The Morgan fingerprint density at radius 1 is 0.973 bits per heavy atom. The van der Waals surface area contributed by atoms with Gasteiger partial charge in [-0.05, 0) is 127 Å². The molecule has 0 spiro atoms. The number of carbonyl (C=O) groups excluding carboxylic acids is 4. The first-order valence-electron chi connectivity index (χ1n) is 27.1. The Kier molecular flexibility index (Phi) is 46.9. The first-order chi connectivity index (χ1) is 35.8. The van der Waals surface area contributed by atoms with Crippen molar-refractivity contribution in [3.8, 4) is 22.5 Å². The van der Waals surface area contributed by atoms with Crippen LogP contribution in [0, 0.1) is 23.2 Å². The molecule has 0 radical (unpaired) electrons. The maximum atomic E-state index is 12.0. The SMILES string of the molecule is C=CC.C=CC(=O)N1CC(C)C1.CC.CC.CC.CC(C)C(C)C(N)=O.CCn1c(-c2cccnc2C(C)OC)c(CC(C)(C)CCC(C)=O)c2cc(-c3csc(CCCCCC(C=O)SN)n3)ccc21.CN.CN. The number of pyridine rings is 1. The third-order valence-electron chi connectivity index (χ3n) is 11.7. The van der Waals surface area contributed by atoms with Gasteiger partial charge in [0.15, 0.2) is 0 Å². The Labute approximate surface area is 465 Å². The quantitative estimate of drug-likeness (QED) is 0.0202. The van der Waals surface area contributed by atoms with Gasteiger partial charge in [0.05, 0.1) is 33.4 Å². The maximum Gasteiger partial charge on any atom is 0.245 e. The number of benzene rings is 1. The number of nitrogens with zero attached hydrogens (tertiary/aromatic N) is 4. The zero-order valence-corrected chi connectivity index (χ0v) is 51.9. The van der Waals surface area contributed by atoms with Crippen molar-refractivity contribution in [2.75, 3.05) is 34.3 Å². The Balaban J connectivity index is -0.000000688. The van der Waals surface area contributed by atoms with Crippen LogP contribution >= 0.6 is 23.3 Å². The Bertz CT molecular complexity index is 2150. The normalized spacial score (nSPS) is 12.3. The second kappa shape index (κ2) is 45.7. The van der Waals surface area contributed by atoms with Crippen LogP contribution in [0.15, 0.2) is 67.2 Å². The third-order valence-corrected chi connectivity index (χ3v) is 13.3. The number of likely N-dealkylation sites (tertiary alicyclic amines) is 1. The van der Waals surface area contributed by atoms with Gasteiger partial charge < -0.3 is 41.0 Å². The van der Waals surface area contributed by atoms with Crippen LogP contribution in [-0.4, -0.2) is 82.9 Å². The van der Waals surface area contributed by atoms with Crippen LogP contribution in [0.1, 0.15) is 172 Å². The highest BCUT2D eigenvalue weighted by atomic mass is 32.2. The highest BCUT2D eigenvalue weighted by Crippen LogP contribution is 2.42. The lowest BCUT2D eigenvalue weighted by molar-refractivity contribution is -0.131. The number of nitrogens with two attached hydrogens (primary N) is 4. The van der Waals surface area contributed by atoms with Gasteiger partial charge in [0.25, 0.3) is 0 Å². The Morgan fingerprint density at radius 3 is 2.01 bits per heavy atom. The minimum atomic E-state index is -0.208. The number of unbranched alkanes of at least 4 members (excludes halogenated alkanes) is 2. The first-order valence-corrected chi connectivity index (χ1v) is 29.0. The van der Waals surface area contributed by atoms with E-state index in [1.54, 1.807) is 36.3 Å². The summed E-state index contributed by atoms with van der Waals surface area (Å²) in [5.74, 6) is 1.15. The van der Waals surface area contributed by atoms with Crippen LogP contribution in [0.5, 0.6) is 0 Å². The van der Waals surface area contributed by atoms with E-state index in [2.05, 4.69) is 86.5 Å². The summed E-state index contributed by atoms with van der Waals surface area (Å²) in [5.41, 5.74) is 21.7. The second-order valence-electron chi connectivity index (χ2n) is 18.1. The summed E-state index contributed by atoms with van der Waals surface area (Å²) in [6.45, 7) is 41.7. The van der Waals surface area contributed by atoms with E-state index in [1.165, 1.54) is 42.3 Å². The third kappa shape index (κ3) is 28.4. The van der Waals surface area contributed by atoms with Crippen LogP contribution in [0.2, 0.25) is 0 Å². The molecule has 3 aromatic heterocycles. The van der Waals surface area contributed by atoms with Gasteiger partial charge in [0.1, 0.15) is 12.1 Å². The van der Waals surface area contributed by atoms with E-state index in [-0.39, 0.29) is 40.3 Å². The van der Waals surface area contributed by atoms with Crippen LogP contribution in [0.3, 0.4) is 0 Å². The van der Waals surface area contributed by atoms with E-state index >= 15 is 0 Å². The Hall–Kier alpha value is -4.51. The fraction of sp³-hybridized carbons (Fsp3) is 0.600. The van der Waals surface area contributed by atoms with E-state index in [9.17, 15) is 19.2 Å². The average molecular weight is 1080 g/mol. The number of ether oxygens (including phenoxy) is 1. The van der Waals surface area contributed by atoms with Crippen LogP contribution < -0.4 is 22.3 Å². The number of aromatic nitrogens is 3. The number of allylic oxidation sites excluding steroid dienone is 1. The smallest absolute Gasteiger partial charge is 0.245 e. The number of thiazole rings is 1. The summed E-state index contributed by atoms with van der Waals surface area (Å²) in [5, 5.41) is 9.99. The maximum absolute atomic E-state index is 12.0. The number of hydrogen-bond donors (Lipinski definition) is 4. The molecule has 75 heavy (non-hydrogen) atoms. The zero-order valence-electron chi connectivity index (χ0n) is 50.3. The molecule has 13 nitrogen and oxygen atoms in total. The van der Waals surface area contributed by atoms with Crippen LogP contribution in [0.25, 0.3) is 33.4 Å². The van der Waals surface area contributed by atoms with Gasteiger partial charge in [0.2, 0.25) is 11.8 Å². The molecule has 2 amide bonds. The lowest BCUT2D eigenvalue weighted by atomic mass is 9.79. The molecule has 0 bridgehead atoms. The molecule has 1 saturated heterocycles. The fourth-order valence-corrected chi connectivity index (χ4v) is 8.61. The monoisotopic (exact) mass is 1080 g/mol. The Morgan fingerprint density at radius 2 is 1.56 bits per heavy atom. The van der Waals surface area contributed by atoms with Crippen LogP contribution in [0.4, 0.5) is 0 Å². The van der Waals surface area contributed by atoms with Gasteiger partial charge in [-0.3, -0.25) is 19.7 Å². The molecule has 5 rings (SSSR count). The molecular formula is C60H106N8O5S2. The van der Waals surface area contributed by atoms with Crippen molar-refractivity contribution in [2.24, 2.45) is 45.5 Å². The van der Waals surface area contributed by atoms with Crippen molar-refractivity contribution in [3.63, 3.8) is 0 Å². The lowest BCUT2D eigenvalue weighted by Crippen LogP contribution is -2.47. The van der Waals surface area contributed by atoms with E-state index < -0.39 is 0 Å². The largest absolute Gasteiger partial charge is 0.375 e. The number of Topliss-reactive ketones (excluding diaryl/α,β-unsaturated/α-hetero) is 1. The predicted octanol–water partition coefficient (Wildman–Crippen LogP) is 13.6. The topological polar surface area (TPSA) is 216 Å². The molecule has 8 N–H and O–H groups in total. The molecule has 0 saturated carbocycles. The van der Waals surface area contributed by atoms with Gasteiger partial charge in [-0.1, -0.05) is 127 Å². The van der Waals surface area contributed by atoms with Gasteiger partial charge in [-0.2, -0.15) is 0 Å². The number of amides is 2. The molecule has 3 atom stereocenters. The van der Waals surface area contributed by atoms with Crippen molar-refractivity contribution in [1.29, 1.82) is 0 Å². The molecule has 428 valence electrons. The standard InChI is InChI=1S/C36H48N4O3S2.C7H11NO.C6H13NO.C3H6.3C2H6.2CH5N/c1-7-40-32-16-15-26(31-23-44-33(39-31)14-10-8-9-12-27(22-41)45-37)20-29(32)30(21-36(4,5)18-17-24(2)42)35(40)28-13-11-19-38-34(28)25(3)43-6;1-3-7(9)8-4-6(2)5-8;1-4(2)5(3)6(7)8;1-3-2;5*1-2/h11,13,15-16,19-20,22-23,25,27H,7-10,12,14,17-18,21,37H2,1-6H3;3,6H,1,4-5H2,2H3;4-5H,1-3H3,(H2,7,8);3H,1H2,2H3;3*1-2H3;2*2H2,1H3. The summed E-state index contributed by atoms with van der Waals surface area (Å²) in [6, 6.07) is 10.9. The summed E-state index contributed by atoms with van der Waals surface area (Å²) in [4.78, 5) is 55.7. The summed E-state index contributed by atoms with van der Waals surface area (Å²) in [6.07, 6.45) is 12.8. The number of hydrogen-bond acceptors (Lipinski definition) is 12. The van der Waals surface area contributed by atoms with Gasteiger partial charge in [0, 0.05) is 72.7 Å². The number of primary amides is 1. The fourth-order valence-electron chi connectivity index (χ4n) is 7.39. The van der Waals surface area contributed by atoms with Gasteiger partial charge in [-0.25, -0.2) is 4.98 Å². The summed E-state index contributed by atoms with van der Waals surface area (Å²) < 4.78 is 8.16. The van der Waals surface area contributed by atoms with E-state index in [0.29, 0.717) is 18.3 Å². The van der Waals surface area contributed by atoms with E-state index in [0.717, 1.165) is 110 Å². The molecule has 1 fully saturated rings. The molecule has 4 aromatic rings. The highest BCUT2D eigenvalue weighted by Gasteiger charge is 2.29. The minimum absolute atomic E-state index is 0.00926. The van der Waals surface area contributed by atoms with E-state index in [1.807, 2.05) is 88.4 Å². The van der Waals surface area contributed by atoms with Crippen molar-refractivity contribution < 1.29 is 23.9 Å². The average Bonchev–Trinajstić information content (AvgIpc) is 4.02. The van der Waals surface area contributed by atoms with Crippen molar-refractivity contribution in [1.82, 2.24) is 19.4 Å². The number of carbonyl (C=O) groups is 4. The lowest BCUT2D eigenvalue weighted by Gasteiger charge is -2.36. The summed E-state index contributed by atoms with van der Waals surface area (Å²) in [7, 11) is 4.72. The van der Waals surface area contributed by atoms with Crippen molar-refractivity contribution in [3.05, 3.63) is 83.5 Å². The second-order valence-corrected chi connectivity index (χ2v) is 19.9. The number of methoxy groups -OCH3 is 1. The molecule has 3 unspecified atom stereocenters.